The zero-order valence-electron chi connectivity index (χ0n) is 9.11. The maximum absolute atomic E-state index is 4.31. The molecule has 3 heteroatoms. The first kappa shape index (κ1) is 9.46. The number of hydrogen-bond acceptors (Lipinski definition) is 2. The van der Waals surface area contributed by atoms with Crippen LogP contribution in [-0.4, -0.2) is 16.5 Å². The Morgan fingerprint density at radius 3 is 3.12 bits per heavy atom. The van der Waals surface area contributed by atoms with Gasteiger partial charge in [0.05, 0.1) is 0 Å². The number of rotatable bonds is 2. The van der Waals surface area contributed by atoms with Crippen molar-refractivity contribution in [2.24, 2.45) is 0 Å². The van der Waals surface area contributed by atoms with Crippen LogP contribution in [0.1, 0.15) is 23.7 Å². The zero-order valence-corrected chi connectivity index (χ0v) is 9.11. The predicted molar refractivity (Wildman–Crippen MR) is 64.6 cm³/mol. The van der Waals surface area contributed by atoms with Crippen molar-refractivity contribution in [1.29, 1.82) is 0 Å². The third-order valence-electron chi connectivity index (χ3n) is 3.20. The number of benzene rings is 1. The van der Waals surface area contributed by atoms with E-state index >= 15 is 0 Å². The summed E-state index contributed by atoms with van der Waals surface area (Å²) in [6.45, 7) is 1.06. The lowest BCUT2D eigenvalue weighted by atomic mass is 9.88. The lowest BCUT2D eigenvalue weighted by Crippen LogP contribution is -2.18. The summed E-state index contributed by atoms with van der Waals surface area (Å²) in [7, 11) is 0. The van der Waals surface area contributed by atoms with Crippen LogP contribution in [0.25, 0.3) is 0 Å². The van der Waals surface area contributed by atoms with E-state index in [-0.39, 0.29) is 0 Å². The standard InChI is InChI=1S/C13H15N3/c1-2-4-12-11(3-1)10(5-6-14-12)9-13-15-7-8-16-13/h1-4,7-8,10,14H,5-6,9H2,(H,15,16)/t10-/m1/s1. The molecule has 0 saturated heterocycles. The van der Waals surface area contributed by atoms with Crippen molar-refractivity contribution in [3.63, 3.8) is 0 Å². The van der Waals surface area contributed by atoms with Crippen molar-refractivity contribution in [1.82, 2.24) is 9.97 Å². The van der Waals surface area contributed by atoms with Crippen LogP contribution in [0, 0.1) is 0 Å². The third kappa shape index (κ3) is 1.69. The zero-order chi connectivity index (χ0) is 10.8. The molecule has 0 bridgehead atoms. The minimum atomic E-state index is 0.587. The van der Waals surface area contributed by atoms with E-state index in [9.17, 15) is 0 Å². The molecule has 1 aromatic carbocycles. The summed E-state index contributed by atoms with van der Waals surface area (Å²) < 4.78 is 0. The summed E-state index contributed by atoms with van der Waals surface area (Å²) in [6.07, 6.45) is 5.90. The quantitative estimate of drug-likeness (QED) is 0.805. The average Bonchev–Trinajstić information content (AvgIpc) is 2.82. The van der Waals surface area contributed by atoms with Gasteiger partial charge in [-0.3, -0.25) is 0 Å². The molecule has 3 rings (SSSR count). The van der Waals surface area contributed by atoms with Gasteiger partial charge in [0.15, 0.2) is 0 Å². The lowest BCUT2D eigenvalue weighted by molar-refractivity contribution is 0.609. The highest BCUT2D eigenvalue weighted by Gasteiger charge is 2.20. The van der Waals surface area contributed by atoms with Crippen LogP contribution in [0.15, 0.2) is 36.7 Å². The molecule has 0 radical (unpaired) electrons. The smallest absolute Gasteiger partial charge is 0.106 e. The number of aromatic nitrogens is 2. The number of fused-ring (bicyclic) bond motifs is 1. The molecular formula is C13H15N3. The molecule has 1 aromatic heterocycles. The molecule has 2 N–H and O–H groups in total. The Bertz CT molecular complexity index is 462. The second-order valence-corrected chi connectivity index (χ2v) is 4.24. The van der Waals surface area contributed by atoms with Gasteiger partial charge in [-0.25, -0.2) is 4.98 Å². The van der Waals surface area contributed by atoms with Crippen LogP contribution >= 0.6 is 0 Å². The number of anilines is 1. The van der Waals surface area contributed by atoms with Crippen LogP contribution in [-0.2, 0) is 6.42 Å². The Hall–Kier alpha value is -1.77. The van der Waals surface area contributed by atoms with Crippen molar-refractivity contribution in [2.45, 2.75) is 18.8 Å². The fraction of sp³-hybridized carbons (Fsp3) is 0.308. The van der Waals surface area contributed by atoms with Gasteiger partial charge in [-0.1, -0.05) is 18.2 Å². The number of para-hydroxylation sites is 1. The van der Waals surface area contributed by atoms with Crippen molar-refractivity contribution in [3.05, 3.63) is 48.0 Å². The number of nitrogens with zero attached hydrogens (tertiary/aromatic N) is 1. The molecule has 3 nitrogen and oxygen atoms in total. The minimum Gasteiger partial charge on any atom is -0.385 e. The molecule has 0 unspecified atom stereocenters. The highest BCUT2D eigenvalue weighted by molar-refractivity contribution is 5.54. The van der Waals surface area contributed by atoms with E-state index in [4.69, 9.17) is 0 Å². The van der Waals surface area contributed by atoms with E-state index < -0.39 is 0 Å². The second kappa shape index (κ2) is 4.00. The van der Waals surface area contributed by atoms with Crippen LogP contribution in [0.2, 0.25) is 0 Å². The molecule has 1 aliphatic rings. The Kier molecular flexibility index (Phi) is 2.37. The van der Waals surface area contributed by atoms with Gasteiger partial charge in [0.2, 0.25) is 0 Å². The van der Waals surface area contributed by atoms with Gasteiger partial charge in [0.1, 0.15) is 5.82 Å². The van der Waals surface area contributed by atoms with Gasteiger partial charge in [0.25, 0.3) is 0 Å². The number of hydrogen-bond donors (Lipinski definition) is 2. The molecule has 0 spiro atoms. The van der Waals surface area contributed by atoms with Crippen LogP contribution < -0.4 is 5.32 Å². The average molecular weight is 213 g/mol. The largest absolute Gasteiger partial charge is 0.385 e. The fourth-order valence-electron chi connectivity index (χ4n) is 2.41. The minimum absolute atomic E-state index is 0.587. The SMILES string of the molecule is c1ccc2c(c1)NCC[C@@H]2Cc1ncc[nH]1. The third-order valence-corrected chi connectivity index (χ3v) is 3.20. The molecule has 82 valence electrons. The molecule has 0 amide bonds. The summed E-state index contributed by atoms with van der Waals surface area (Å²) in [5.74, 6) is 1.67. The molecule has 2 heterocycles. The first-order valence-corrected chi connectivity index (χ1v) is 5.74. The molecule has 2 aromatic rings. The van der Waals surface area contributed by atoms with Crippen LogP contribution in [0.3, 0.4) is 0 Å². The van der Waals surface area contributed by atoms with Crippen molar-refractivity contribution < 1.29 is 0 Å². The Morgan fingerprint density at radius 2 is 2.25 bits per heavy atom. The number of H-pyrrole nitrogens is 1. The monoisotopic (exact) mass is 213 g/mol. The number of aromatic amines is 1. The summed E-state index contributed by atoms with van der Waals surface area (Å²) in [6, 6.07) is 8.57. The van der Waals surface area contributed by atoms with Gasteiger partial charge in [-0.2, -0.15) is 0 Å². The topological polar surface area (TPSA) is 40.7 Å². The van der Waals surface area contributed by atoms with E-state index in [1.165, 1.54) is 17.7 Å². The van der Waals surface area contributed by atoms with Gasteiger partial charge in [-0.15, -0.1) is 0 Å². The molecule has 0 fully saturated rings. The van der Waals surface area contributed by atoms with Gasteiger partial charge >= 0.3 is 0 Å². The van der Waals surface area contributed by atoms with Crippen LogP contribution in [0.5, 0.6) is 0 Å². The number of nitrogens with one attached hydrogen (secondary N) is 2. The van der Waals surface area contributed by atoms with Gasteiger partial charge in [0, 0.05) is 31.0 Å². The van der Waals surface area contributed by atoms with Crippen molar-refractivity contribution in [3.8, 4) is 0 Å². The highest BCUT2D eigenvalue weighted by atomic mass is 14.9. The van der Waals surface area contributed by atoms with E-state index in [0.29, 0.717) is 5.92 Å². The lowest BCUT2D eigenvalue weighted by Gasteiger charge is -2.26. The van der Waals surface area contributed by atoms with Gasteiger partial charge < -0.3 is 10.3 Å². The summed E-state index contributed by atoms with van der Waals surface area (Å²) >= 11 is 0. The van der Waals surface area contributed by atoms with Crippen molar-refractivity contribution >= 4 is 5.69 Å². The first-order valence-electron chi connectivity index (χ1n) is 5.74. The van der Waals surface area contributed by atoms with E-state index in [1.54, 1.807) is 0 Å². The molecule has 0 aliphatic carbocycles. The normalized spacial score (nSPS) is 18.9. The first-order chi connectivity index (χ1) is 7.93. The van der Waals surface area contributed by atoms with E-state index in [0.717, 1.165) is 18.8 Å². The van der Waals surface area contributed by atoms with Crippen LogP contribution in [0.4, 0.5) is 5.69 Å². The van der Waals surface area contributed by atoms with E-state index in [2.05, 4.69) is 39.6 Å². The molecule has 1 aliphatic heterocycles. The summed E-state index contributed by atoms with van der Waals surface area (Å²) in [5, 5.41) is 3.44. The fourth-order valence-corrected chi connectivity index (χ4v) is 2.41. The van der Waals surface area contributed by atoms with E-state index in [1.807, 2.05) is 12.4 Å². The Morgan fingerprint density at radius 1 is 1.31 bits per heavy atom. The Labute approximate surface area is 94.9 Å². The molecule has 16 heavy (non-hydrogen) atoms. The maximum atomic E-state index is 4.31. The molecular weight excluding hydrogens is 198 g/mol. The number of imidazole rings is 1. The van der Waals surface area contributed by atoms with Gasteiger partial charge in [-0.05, 0) is 24.0 Å². The maximum Gasteiger partial charge on any atom is 0.106 e. The molecule has 1 atom stereocenters. The highest BCUT2D eigenvalue weighted by Crippen LogP contribution is 2.32. The van der Waals surface area contributed by atoms with Crippen molar-refractivity contribution in [2.75, 3.05) is 11.9 Å². The second-order valence-electron chi connectivity index (χ2n) is 4.24. The predicted octanol–water partition coefficient (Wildman–Crippen LogP) is 2.55. The summed E-state index contributed by atoms with van der Waals surface area (Å²) in [4.78, 5) is 7.49. The summed E-state index contributed by atoms with van der Waals surface area (Å²) in [5.41, 5.74) is 2.70. The molecule has 0 saturated carbocycles. The Balaban J connectivity index is 1.87.